The highest BCUT2D eigenvalue weighted by Crippen LogP contribution is 2.20. The molecule has 2 unspecified atom stereocenters. The topological polar surface area (TPSA) is 34.1 Å². The van der Waals surface area contributed by atoms with Crippen molar-refractivity contribution >= 4 is 0 Å². The van der Waals surface area contributed by atoms with E-state index in [0.717, 1.165) is 6.54 Å². The van der Waals surface area contributed by atoms with Crippen molar-refractivity contribution in [2.45, 2.75) is 44.4 Å². The smallest absolute Gasteiger partial charge is 0.0724 e. The van der Waals surface area contributed by atoms with E-state index in [9.17, 15) is 0 Å². The third kappa shape index (κ3) is 3.03. The van der Waals surface area contributed by atoms with Gasteiger partial charge in [-0.25, -0.2) is 0 Å². The predicted octanol–water partition coefficient (Wildman–Crippen LogP) is 2.13. The second-order valence-electron chi connectivity index (χ2n) is 4.41. The van der Waals surface area contributed by atoms with E-state index in [1.165, 1.54) is 31.2 Å². The van der Waals surface area contributed by atoms with Crippen LogP contribution in [-0.4, -0.2) is 24.2 Å². The molecule has 1 aromatic rings. The van der Waals surface area contributed by atoms with Gasteiger partial charge in [-0.15, -0.1) is 0 Å². The minimum absolute atomic E-state index is 0.380. The lowest BCUT2D eigenvalue weighted by Crippen LogP contribution is -2.42. The van der Waals surface area contributed by atoms with Gasteiger partial charge in [-0.3, -0.25) is 4.98 Å². The van der Waals surface area contributed by atoms with Crippen molar-refractivity contribution in [3.8, 4) is 0 Å². The van der Waals surface area contributed by atoms with Crippen molar-refractivity contribution in [1.82, 2.24) is 10.3 Å². The maximum Gasteiger partial charge on any atom is 0.0724 e. The lowest BCUT2D eigenvalue weighted by atomic mass is 9.92. The van der Waals surface area contributed by atoms with Crippen LogP contribution in [0.15, 0.2) is 24.5 Å². The Labute approximate surface area is 97.2 Å². The van der Waals surface area contributed by atoms with Crippen molar-refractivity contribution in [3.63, 3.8) is 0 Å². The molecule has 0 amide bonds. The highest BCUT2D eigenvalue weighted by Gasteiger charge is 2.23. The average Bonchev–Trinajstić information content (AvgIpc) is 2.38. The van der Waals surface area contributed by atoms with Crippen molar-refractivity contribution < 1.29 is 4.74 Å². The van der Waals surface area contributed by atoms with E-state index < -0.39 is 0 Å². The minimum atomic E-state index is 0.380. The summed E-state index contributed by atoms with van der Waals surface area (Å²) in [5, 5.41) is 3.57. The molecule has 1 heterocycles. The second kappa shape index (κ2) is 5.97. The van der Waals surface area contributed by atoms with Crippen LogP contribution in [0.5, 0.6) is 0 Å². The van der Waals surface area contributed by atoms with Crippen molar-refractivity contribution in [1.29, 1.82) is 0 Å². The molecule has 0 bridgehead atoms. The van der Waals surface area contributed by atoms with Gasteiger partial charge in [0.2, 0.25) is 0 Å². The van der Waals surface area contributed by atoms with E-state index in [1.54, 1.807) is 0 Å². The molecule has 0 aliphatic heterocycles. The Balaban J connectivity index is 1.84. The van der Waals surface area contributed by atoms with Crippen LogP contribution < -0.4 is 5.32 Å². The first-order valence-electron chi connectivity index (χ1n) is 6.05. The molecule has 16 heavy (non-hydrogen) atoms. The largest absolute Gasteiger partial charge is 0.380 e. The Bertz CT molecular complexity index is 302. The summed E-state index contributed by atoms with van der Waals surface area (Å²) in [5.74, 6) is 0. The molecule has 0 saturated heterocycles. The Kier molecular flexibility index (Phi) is 4.31. The molecular formula is C13H20N2O. The number of ether oxygens (including phenoxy) is 1. The van der Waals surface area contributed by atoms with Gasteiger partial charge in [0.15, 0.2) is 0 Å². The van der Waals surface area contributed by atoms with Gasteiger partial charge >= 0.3 is 0 Å². The lowest BCUT2D eigenvalue weighted by Gasteiger charge is -2.31. The summed E-state index contributed by atoms with van der Waals surface area (Å²) in [4.78, 5) is 4.12. The average molecular weight is 220 g/mol. The number of hydrogen-bond donors (Lipinski definition) is 1. The Morgan fingerprint density at radius 2 is 2.31 bits per heavy atom. The number of methoxy groups -OCH3 is 1. The molecule has 1 aromatic heterocycles. The summed E-state index contributed by atoms with van der Waals surface area (Å²) in [6, 6.07) is 4.58. The van der Waals surface area contributed by atoms with Crippen LogP contribution in [0.3, 0.4) is 0 Å². The maximum atomic E-state index is 5.51. The van der Waals surface area contributed by atoms with E-state index in [2.05, 4.69) is 16.4 Å². The fourth-order valence-corrected chi connectivity index (χ4v) is 2.36. The van der Waals surface area contributed by atoms with Gasteiger partial charge in [0, 0.05) is 32.1 Å². The van der Waals surface area contributed by atoms with E-state index in [-0.39, 0.29) is 0 Å². The summed E-state index contributed by atoms with van der Waals surface area (Å²) >= 11 is 0. The van der Waals surface area contributed by atoms with Crippen LogP contribution in [0.25, 0.3) is 0 Å². The molecule has 1 saturated carbocycles. The third-order valence-electron chi connectivity index (χ3n) is 3.30. The predicted molar refractivity (Wildman–Crippen MR) is 64.1 cm³/mol. The zero-order valence-electron chi connectivity index (χ0n) is 9.86. The van der Waals surface area contributed by atoms with Crippen LogP contribution in [0.1, 0.15) is 31.2 Å². The van der Waals surface area contributed by atoms with Crippen LogP contribution in [0.2, 0.25) is 0 Å². The van der Waals surface area contributed by atoms with Gasteiger partial charge in [-0.05, 0) is 24.5 Å². The van der Waals surface area contributed by atoms with Crippen molar-refractivity contribution in [2.75, 3.05) is 7.11 Å². The molecule has 1 fully saturated rings. The first-order chi connectivity index (χ1) is 7.90. The number of aromatic nitrogens is 1. The van der Waals surface area contributed by atoms with Gasteiger partial charge in [0.1, 0.15) is 0 Å². The monoisotopic (exact) mass is 220 g/mol. The quantitative estimate of drug-likeness (QED) is 0.844. The summed E-state index contributed by atoms with van der Waals surface area (Å²) in [6.45, 7) is 0.887. The normalized spacial score (nSPS) is 25.6. The molecule has 88 valence electrons. The van der Waals surface area contributed by atoms with Crippen LogP contribution >= 0.6 is 0 Å². The van der Waals surface area contributed by atoms with Crippen LogP contribution in [0.4, 0.5) is 0 Å². The third-order valence-corrected chi connectivity index (χ3v) is 3.30. The Hall–Kier alpha value is -0.930. The van der Waals surface area contributed by atoms with E-state index in [0.29, 0.717) is 12.1 Å². The van der Waals surface area contributed by atoms with Crippen LogP contribution in [0, 0.1) is 0 Å². The van der Waals surface area contributed by atoms with Crippen molar-refractivity contribution in [2.24, 2.45) is 0 Å². The number of hydrogen-bond acceptors (Lipinski definition) is 3. The number of nitrogens with zero attached hydrogens (tertiary/aromatic N) is 1. The van der Waals surface area contributed by atoms with Gasteiger partial charge in [0.25, 0.3) is 0 Å². The molecule has 1 N–H and O–H groups in total. The molecule has 3 nitrogen and oxygen atoms in total. The number of pyridine rings is 1. The molecule has 1 aliphatic carbocycles. The highest BCUT2D eigenvalue weighted by molar-refractivity contribution is 5.08. The Morgan fingerprint density at radius 3 is 3.06 bits per heavy atom. The fourth-order valence-electron chi connectivity index (χ4n) is 2.36. The second-order valence-corrected chi connectivity index (χ2v) is 4.41. The number of nitrogens with one attached hydrogen (secondary N) is 1. The van der Waals surface area contributed by atoms with Crippen LogP contribution in [-0.2, 0) is 11.3 Å². The van der Waals surface area contributed by atoms with E-state index in [4.69, 9.17) is 4.74 Å². The maximum absolute atomic E-state index is 5.51. The summed E-state index contributed by atoms with van der Waals surface area (Å²) in [7, 11) is 1.81. The lowest BCUT2D eigenvalue weighted by molar-refractivity contribution is 0.0413. The molecule has 1 aliphatic rings. The van der Waals surface area contributed by atoms with E-state index >= 15 is 0 Å². The standard InChI is InChI=1S/C13H20N2O/c1-16-13-7-3-2-6-12(13)15-10-11-5-4-8-14-9-11/h4-5,8-9,12-13,15H,2-3,6-7,10H2,1H3. The van der Waals surface area contributed by atoms with E-state index in [1.807, 2.05) is 25.6 Å². The fraction of sp³-hybridized carbons (Fsp3) is 0.615. The zero-order valence-corrected chi connectivity index (χ0v) is 9.86. The summed E-state index contributed by atoms with van der Waals surface area (Å²) < 4.78 is 5.51. The van der Waals surface area contributed by atoms with Gasteiger partial charge in [-0.2, -0.15) is 0 Å². The SMILES string of the molecule is COC1CCCCC1NCc1cccnc1. The molecule has 2 atom stereocenters. The van der Waals surface area contributed by atoms with Crippen molar-refractivity contribution in [3.05, 3.63) is 30.1 Å². The zero-order chi connectivity index (χ0) is 11.2. The number of rotatable bonds is 4. The van der Waals surface area contributed by atoms with Gasteiger partial charge < -0.3 is 10.1 Å². The molecule has 0 spiro atoms. The molecule has 2 rings (SSSR count). The molecular weight excluding hydrogens is 200 g/mol. The minimum Gasteiger partial charge on any atom is -0.380 e. The molecule has 3 heteroatoms. The molecule has 0 radical (unpaired) electrons. The summed E-state index contributed by atoms with van der Waals surface area (Å²) in [6.07, 6.45) is 9.11. The van der Waals surface area contributed by atoms with Gasteiger partial charge in [0.05, 0.1) is 6.10 Å². The molecule has 0 aromatic carbocycles. The highest BCUT2D eigenvalue weighted by atomic mass is 16.5. The van der Waals surface area contributed by atoms with Gasteiger partial charge in [-0.1, -0.05) is 18.9 Å². The Morgan fingerprint density at radius 1 is 1.44 bits per heavy atom. The first-order valence-corrected chi connectivity index (χ1v) is 6.05. The first kappa shape index (κ1) is 11.6. The summed E-state index contributed by atoms with van der Waals surface area (Å²) in [5.41, 5.74) is 1.24.